The molecule has 2 aromatic rings. The topological polar surface area (TPSA) is 62.6 Å². The van der Waals surface area contributed by atoms with E-state index < -0.39 is 0 Å². The van der Waals surface area contributed by atoms with Crippen LogP contribution in [-0.2, 0) is 17.7 Å². The van der Waals surface area contributed by atoms with Crippen LogP contribution in [0.4, 0.5) is 0 Å². The zero-order valence-electron chi connectivity index (χ0n) is 16.4. The maximum Gasteiger partial charge on any atom is 0.300 e. The van der Waals surface area contributed by atoms with Gasteiger partial charge in [-0.05, 0) is 36.5 Å². The van der Waals surface area contributed by atoms with Crippen LogP contribution in [0.15, 0.2) is 35.3 Å². The Bertz CT molecular complexity index is 841. The molecule has 1 atom stereocenters. The molecule has 28 heavy (non-hydrogen) atoms. The summed E-state index contributed by atoms with van der Waals surface area (Å²) < 4.78 is 18.6. The Labute approximate surface area is 165 Å². The summed E-state index contributed by atoms with van der Waals surface area (Å²) in [5, 5.41) is 0. The summed E-state index contributed by atoms with van der Waals surface area (Å²) in [6.07, 6.45) is 8.87. The Morgan fingerprint density at radius 1 is 1.18 bits per heavy atom. The van der Waals surface area contributed by atoms with Crippen LogP contribution in [0.5, 0.6) is 11.8 Å². The molecule has 6 nitrogen and oxygen atoms in total. The minimum Gasteiger partial charge on any atom is -0.490 e. The lowest BCUT2D eigenvalue weighted by molar-refractivity contribution is 0.143. The van der Waals surface area contributed by atoms with Gasteiger partial charge in [0.25, 0.3) is 11.6 Å². The van der Waals surface area contributed by atoms with Crippen molar-refractivity contribution in [2.24, 2.45) is 0 Å². The largest absolute Gasteiger partial charge is 0.490 e. The van der Waals surface area contributed by atoms with Crippen LogP contribution in [0.25, 0.3) is 0 Å². The fourth-order valence-electron chi connectivity index (χ4n) is 4.08. The standard InChI is InChI=1S/C22H28N2O4/c1-26-12-11-18-13-24-14-20(28-22(24)23-21(18)25)15-27-19-9-7-17(8-10-19)16-5-3-2-4-6-16/h7-10,13,16,20H,2-6,11-12,14-15H2,1H3/t20-/m0/s1. The van der Waals surface area contributed by atoms with Gasteiger partial charge in [0.05, 0.1) is 13.2 Å². The Balaban J connectivity index is 1.32. The van der Waals surface area contributed by atoms with E-state index in [4.69, 9.17) is 14.2 Å². The van der Waals surface area contributed by atoms with Crippen LogP contribution in [0.1, 0.15) is 49.1 Å². The van der Waals surface area contributed by atoms with Crippen molar-refractivity contribution in [1.82, 2.24) is 9.55 Å². The predicted octanol–water partition coefficient (Wildman–Crippen LogP) is 3.32. The van der Waals surface area contributed by atoms with Gasteiger partial charge in [0, 0.05) is 25.3 Å². The first-order chi connectivity index (χ1) is 13.7. The lowest BCUT2D eigenvalue weighted by Crippen LogP contribution is -2.23. The second kappa shape index (κ2) is 8.78. The molecule has 1 fully saturated rings. The van der Waals surface area contributed by atoms with E-state index in [1.807, 2.05) is 10.8 Å². The summed E-state index contributed by atoms with van der Waals surface area (Å²) in [4.78, 5) is 16.1. The summed E-state index contributed by atoms with van der Waals surface area (Å²) in [5.41, 5.74) is 1.82. The number of nitrogens with zero attached hydrogens (tertiary/aromatic N) is 2. The SMILES string of the molecule is COCCc1cn2c(nc1=O)O[C@H](COc1ccc(C3CCCCC3)cc1)C2. The summed E-state index contributed by atoms with van der Waals surface area (Å²) in [7, 11) is 1.62. The highest BCUT2D eigenvalue weighted by molar-refractivity contribution is 5.29. The molecule has 4 rings (SSSR count). The molecule has 1 aromatic carbocycles. The van der Waals surface area contributed by atoms with Crippen molar-refractivity contribution >= 4 is 0 Å². The van der Waals surface area contributed by atoms with Gasteiger partial charge in [0.15, 0.2) is 6.10 Å². The predicted molar refractivity (Wildman–Crippen MR) is 106 cm³/mol. The van der Waals surface area contributed by atoms with E-state index in [1.165, 1.54) is 37.7 Å². The molecule has 0 bridgehead atoms. The van der Waals surface area contributed by atoms with E-state index in [2.05, 4.69) is 29.2 Å². The van der Waals surface area contributed by atoms with Gasteiger partial charge in [0.1, 0.15) is 12.4 Å². The Hall–Kier alpha value is -2.34. The van der Waals surface area contributed by atoms with Gasteiger partial charge in [-0.15, -0.1) is 0 Å². The lowest BCUT2D eigenvalue weighted by atomic mass is 9.84. The number of hydrogen-bond acceptors (Lipinski definition) is 5. The summed E-state index contributed by atoms with van der Waals surface area (Å²) in [6, 6.07) is 8.86. The van der Waals surface area contributed by atoms with Crippen LogP contribution in [0.3, 0.4) is 0 Å². The van der Waals surface area contributed by atoms with Crippen molar-refractivity contribution in [3.8, 4) is 11.8 Å². The summed E-state index contributed by atoms with van der Waals surface area (Å²) >= 11 is 0. The normalized spacial score (nSPS) is 19.2. The van der Waals surface area contributed by atoms with Crippen LogP contribution in [-0.4, -0.2) is 36.0 Å². The first-order valence-electron chi connectivity index (χ1n) is 10.2. The molecule has 1 aliphatic heterocycles. The monoisotopic (exact) mass is 384 g/mol. The van der Waals surface area contributed by atoms with Gasteiger partial charge >= 0.3 is 0 Å². The van der Waals surface area contributed by atoms with E-state index in [-0.39, 0.29) is 11.7 Å². The van der Waals surface area contributed by atoms with Crippen molar-refractivity contribution in [2.75, 3.05) is 20.3 Å². The highest BCUT2D eigenvalue weighted by Crippen LogP contribution is 2.33. The molecule has 150 valence electrons. The second-order valence-electron chi connectivity index (χ2n) is 7.70. The molecule has 2 heterocycles. The minimum atomic E-state index is -0.247. The fraction of sp³-hybridized carbons (Fsp3) is 0.545. The van der Waals surface area contributed by atoms with E-state index in [0.29, 0.717) is 43.7 Å². The highest BCUT2D eigenvalue weighted by atomic mass is 16.6. The smallest absolute Gasteiger partial charge is 0.300 e. The second-order valence-corrected chi connectivity index (χ2v) is 7.70. The van der Waals surface area contributed by atoms with E-state index in [9.17, 15) is 4.79 Å². The lowest BCUT2D eigenvalue weighted by Gasteiger charge is -2.22. The van der Waals surface area contributed by atoms with Crippen molar-refractivity contribution in [2.45, 2.75) is 57.1 Å². The molecule has 0 radical (unpaired) electrons. The molecule has 1 aromatic heterocycles. The summed E-state index contributed by atoms with van der Waals surface area (Å²) in [6.45, 7) is 1.55. The quantitative estimate of drug-likeness (QED) is 0.733. The third kappa shape index (κ3) is 4.38. The molecule has 1 saturated carbocycles. The number of fused-ring (bicyclic) bond motifs is 1. The van der Waals surface area contributed by atoms with Crippen molar-refractivity contribution < 1.29 is 14.2 Å². The minimum absolute atomic E-state index is 0.150. The molecule has 0 saturated heterocycles. The van der Waals surface area contributed by atoms with Gasteiger partial charge in [-0.25, -0.2) is 0 Å². The van der Waals surface area contributed by atoms with Crippen LogP contribution >= 0.6 is 0 Å². The number of benzene rings is 1. The van der Waals surface area contributed by atoms with E-state index in [0.717, 1.165) is 5.75 Å². The zero-order chi connectivity index (χ0) is 19.3. The molecule has 0 spiro atoms. The van der Waals surface area contributed by atoms with Crippen LogP contribution in [0, 0.1) is 0 Å². The van der Waals surface area contributed by atoms with Gasteiger partial charge in [-0.1, -0.05) is 31.4 Å². The van der Waals surface area contributed by atoms with Crippen molar-refractivity contribution in [3.05, 3.63) is 51.9 Å². The fourth-order valence-corrected chi connectivity index (χ4v) is 4.08. The van der Waals surface area contributed by atoms with Gasteiger partial charge < -0.3 is 14.2 Å². The molecule has 0 N–H and O–H groups in total. The van der Waals surface area contributed by atoms with Crippen LogP contribution < -0.4 is 15.0 Å². The van der Waals surface area contributed by atoms with Crippen LogP contribution in [0.2, 0.25) is 0 Å². The van der Waals surface area contributed by atoms with E-state index >= 15 is 0 Å². The third-order valence-electron chi connectivity index (χ3n) is 5.67. The number of aromatic nitrogens is 2. The van der Waals surface area contributed by atoms with Gasteiger partial charge in [-0.2, -0.15) is 4.98 Å². The number of ether oxygens (including phenoxy) is 3. The molecule has 0 amide bonds. The Kier molecular flexibility index (Phi) is 5.95. The highest BCUT2D eigenvalue weighted by Gasteiger charge is 2.25. The van der Waals surface area contributed by atoms with Gasteiger partial charge in [0.2, 0.25) is 0 Å². The maximum absolute atomic E-state index is 12.0. The van der Waals surface area contributed by atoms with E-state index in [1.54, 1.807) is 7.11 Å². The summed E-state index contributed by atoms with van der Waals surface area (Å²) in [5.74, 6) is 1.55. The Morgan fingerprint density at radius 2 is 1.96 bits per heavy atom. The number of methoxy groups -OCH3 is 1. The average molecular weight is 384 g/mol. The maximum atomic E-state index is 12.0. The number of hydrogen-bond donors (Lipinski definition) is 0. The first kappa shape index (κ1) is 19.0. The molecule has 0 unspecified atom stereocenters. The number of rotatable bonds is 7. The molecule has 1 aliphatic carbocycles. The molecule has 6 heteroatoms. The first-order valence-corrected chi connectivity index (χ1v) is 10.2. The molecular formula is C22H28N2O4. The molecular weight excluding hydrogens is 356 g/mol. The van der Waals surface area contributed by atoms with Gasteiger partial charge in [-0.3, -0.25) is 9.36 Å². The Morgan fingerprint density at radius 3 is 2.71 bits per heavy atom. The third-order valence-corrected chi connectivity index (χ3v) is 5.67. The van der Waals surface area contributed by atoms with Crippen molar-refractivity contribution in [3.63, 3.8) is 0 Å². The molecule has 2 aliphatic rings. The average Bonchev–Trinajstić information content (AvgIpc) is 3.13. The van der Waals surface area contributed by atoms with Crippen molar-refractivity contribution in [1.29, 1.82) is 0 Å². The zero-order valence-corrected chi connectivity index (χ0v) is 16.4.